The Morgan fingerprint density at radius 2 is 1.92 bits per heavy atom. The van der Waals surface area contributed by atoms with Crippen LogP contribution in [0.1, 0.15) is 66.2 Å². The number of fused-ring (bicyclic) bond motifs is 5. The van der Waals surface area contributed by atoms with Crippen molar-refractivity contribution in [3.63, 3.8) is 0 Å². The van der Waals surface area contributed by atoms with Gasteiger partial charge < -0.3 is 0 Å². The number of hydrogen-bond acceptors (Lipinski definition) is 2. The number of hydrogen-bond donors (Lipinski definition) is 0. The molecule has 130 valence electrons. The van der Waals surface area contributed by atoms with Crippen LogP contribution < -0.4 is 0 Å². The van der Waals surface area contributed by atoms with E-state index in [9.17, 15) is 9.59 Å². The van der Waals surface area contributed by atoms with Gasteiger partial charge in [-0.15, -0.1) is 0 Å². The molecule has 0 aromatic carbocycles. The summed E-state index contributed by atoms with van der Waals surface area (Å²) in [5, 5.41) is 0. The quantitative estimate of drug-likeness (QED) is 0.643. The third kappa shape index (κ3) is 1.95. The minimum atomic E-state index is 0.0979. The van der Waals surface area contributed by atoms with E-state index in [1.807, 2.05) is 6.08 Å². The lowest BCUT2D eigenvalue weighted by atomic mass is 9.49. The topological polar surface area (TPSA) is 34.1 Å². The van der Waals surface area contributed by atoms with Crippen LogP contribution in [-0.2, 0) is 9.59 Å². The van der Waals surface area contributed by atoms with Gasteiger partial charge in [-0.3, -0.25) is 9.59 Å². The summed E-state index contributed by atoms with van der Waals surface area (Å²) in [6, 6.07) is 0. The van der Waals surface area contributed by atoms with Crippen molar-refractivity contribution in [2.24, 2.45) is 34.5 Å². The fourth-order valence-electron chi connectivity index (χ4n) is 6.84. The summed E-state index contributed by atoms with van der Waals surface area (Å²) in [6.07, 6.45) is 10.6. The molecule has 4 aliphatic carbocycles. The Kier molecular flexibility index (Phi) is 3.50. The zero-order valence-corrected chi connectivity index (χ0v) is 15.5. The van der Waals surface area contributed by atoms with Crippen molar-refractivity contribution < 1.29 is 9.59 Å². The molecule has 0 saturated heterocycles. The van der Waals surface area contributed by atoms with E-state index in [0.29, 0.717) is 35.7 Å². The molecule has 2 heteroatoms. The van der Waals surface area contributed by atoms with E-state index in [0.717, 1.165) is 25.7 Å². The largest absolute Gasteiger partial charge is 0.300 e. The molecule has 6 atom stereocenters. The molecule has 0 spiro atoms. The zero-order valence-electron chi connectivity index (χ0n) is 15.5. The van der Waals surface area contributed by atoms with Gasteiger partial charge in [0.1, 0.15) is 5.78 Å². The molecule has 0 aromatic heterocycles. The molecule has 0 aliphatic heterocycles. The van der Waals surface area contributed by atoms with Gasteiger partial charge >= 0.3 is 0 Å². The van der Waals surface area contributed by atoms with Gasteiger partial charge in [-0.05, 0) is 68.3 Å². The summed E-state index contributed by atoms with van der Waals surface area (Å²) in [6.45, 7) is 8.87. The normalized spacial score (nSPS) is 47.2. The van der Waals surface area contributed by atoms with Gasteiger partial charge in [0.05, 0.1) is 0 Å². The third-order valence-electron chi connectivity index (χ3n) is 8.38. The fourth-order valence-corrected chi connectivity index (χ4v) is 6.84. The van der Waals surface area contributed by atoms with Gasteiger partial charge in [0.2, 0.25) is 0 Å². The molecule has 24 heavy (non-hydrogen) atoms. The van der Waals surface area contributed by atoms with E-state index in [1.165, 1.54) is 12.0 Å². The summed E-state index contributed by atoms with van der Waals surface area (Å²) in [5.41, 5.74) is 3.20. The lowest BCUT2D eigenvalue weighted by molar-refractivity contribution is -0.126. The summed E-state index contributed by atoms with van der Waals surface area (Å²) in [7, 11) is 0. The smallest absolute Gasteiger partial charge is 0.155 e. The van der Waals surface area contributed by atoms with Crippen molar-refractivity contribution in [1.29, 1.82) is 0 Å². The van der Waals surface area contributed by atoms with E-state index in [-0.39, 0.29) is 16.7 Å². The SMILES string of the molecule is CC(=O)[C@@H]1CC[C@@H]2[C@@H]3CCC4=CC(=O)CC[C@]4(C)C3=C[C@@H](C)[C@]21C. The second-order valence-electron chi connectivity index (χ2n) is 9.24. The van der Waals surface area contributed by atoms with Crippen LogP contribution in [-0.4, -0.2) is 11.6 Å². The van der Waals surface area contributed by atoms with E-state index in [1.54, 1.807) is 12.5 Å². The molecule has 0 heterocycles. The van der Waals surface area contributed by atoms with Crippen LogP contribution >= 0.6 is 0 Å². The summed E-state index contributed by atoms with van der Waals surface area (Å²) in [5.74, 6) is 2.62. The Morgan fingerprint density at radius 3 is 2.62 bits per heavy atom. The molecule has 0 N–H and O–H groups in total. The van der Waals surface area contributed by atoms with E-state index in [4.69, 9.17) is 0 Å². The Bertz CT molecular complexity index is 669. The number of Topliss-reactive ketones (excluding diaryl/α,β-unsaturated/α-hetero) is 1. The predicted molar refractivity (Wildman–Crippen MR) is 95.4 cm³/mol. The highest BCUT2D eigenvalue weighted by molar-refractivity contribution is 5.92. The molecule has 4 rings (SSSR count). The van der Waals surface area contributed by atoms with Crippen molar-refractivity contribution in [3.05, 3.63) is 23.3 Å². The molecule has 0 unspecified atom stereocenters. The van der Waals surface area contributed by atoms with Gasteiger partial charge in [-0.2, -0.15) is 0 Å². The van der Waals surface area contributed by atoms with Crippen LogP contribution in [0.3, 0.4) is 0 Å². The average molecular weight is 326 g/mol. The molecule has 0 aromatic rings. The van der Waals surface area contributed by atoms with Crippen LogP contribution in [0.2, 0.25) is 0 Å². The first kappa shape index (κ1) is 16.3. The second kappa shape index (κ2) is 5.16. The van der Waals surface area contributed by atoms with Gasteiger partial charge in [-0.1, -0.05) is 38.0 Å². The molecule has 2 nitrogen and oxygen atoms in total. The highest BCUT2D eigenvalue weighted by atomic mass is 16.1. The standard InChI is InChI=1S/C22H30O2/c1-13-11-20-17(19-8-7-18(14(2)23)22(13,19)4)6-5-15-12-16(24)9-10-21(15,20)3/h11-13,17-19H,5-10H2,1-4H3/t13-,17+,18+,19-,21+,22+/m1/s1. The van der Waals surface area contributed by atoms with E-state index in [2.05, 4.69) is 26.8 Å². The summed E-state index contributed by atoms with van der Waals surface area (Å²) < 4.78 is 0. The highest BCUT2D eigenvalue weighted by Gasteiger charge is 2.59. The Labute approximate surface area is 145 Å². The maximum absolute atomic E-state index is 12.3. The van der Waals surface area contributed by atoms with Crippen LogP contribution in [0.5, 0.6) is 0 Å². The molecule has 0 bridgehead atoms. The number of carbonyl (C=O) groups is 2. The maximum atomic E-state index is 12.3. The summed E-state index contributed by atoms with van der Waals surface area (Å²) >= 11 is 0. The fraction of sp³-hybridized carbons (Fsp3) is 0.727. The monoisotopic (exact) mass is 326 g/mol. The van der Waals surface area contributed by atoms with E-state index >= 15 is 0 Å². The molecule has 4 aliphatic rings. The van der Waals surface area contributed by atoms with Crippen LogP contribution in [0.25, 0.3) is 0 Å². The maximum Gasteiger partial charge on any atom is 0.155 e. The lowest BCUT2D eigenvalue weighted by Crippen LogP contribution is -2.48. The van der Waals surface area contributed by atoms with Crippen LogP contribution in [0, 0.1) is 34.5 Å². The highest BCUT2D eigenvalue weighted by Crippen LogP contribution is 2.66. The van der Waals surface area contributed by atoms with Crippen LogP contribution in [0.15, 0.2) is 23.3 Å². The van der Waals surface area contributed by atoms with Crippen molar-refractivity contribution in [1.82, 2.24) is 0 Å². The van der Waals surface area contributed by atoms with Gasteiger partial charge in [0.15, 0.2) is 5.78 Å². The number of ketones is 2. The van der Waals surface area contributed by atoms with Gasteiger partial charge in [0.25, 0.3) is 0 Å². The molecule has 2 saturated carbocycles. The minimum absolute atomic E-state index is 0.0979. The van der Waals surface area contributed by atoms with Gasteiger partial charge in [0, 0.05) is 17.8 Å². The first-order chi connectivity index (χ1) is 11.3. The van der Waals surface area contributed by atoms with Crippen molar-refractivity contribution in [3.8, 4) is 0 Å². The van der Waals surface area contributed by atoms with Crippen molar-refractivity contribution >= 4 is 11.6 Å². The molecule has 2 fully saturated rings. The zero-order chi connectivity index (χ0) is 17.3. The molecular weight excluding hydrogens is 296 g/mol. The van der Waals surface area contributed by atoms with E-state index < -0.39 is 0 Å². The second-order valence-corrected chi connectivity index (χ2v) is 9.24. The van der Waals surface area contributed by atoms with Crippen molar-refractivity contribution in [2.45, 2.75) is 66.2 Å². The molecular formula is C22H30O2. The number of allylic oxidation sites excluding steroid dienone is 4. The Morgan fingerprint density at radius 1 is 1.17 bits per heavy atom. The molecule has 0 radical (unpaired) electrons. The average Bonchev–Trinajstić information content (AvgIpc) is 2.88. The number of rotatable bonds is 1. The van der Waals surface area contributed by atoms with Crippen LogP contribution in [0.4, 0.5) is 0 Å². The predicted octanol–water partition coefficient (Wildman–Crippen LogP) is 4.89. The summed E-state index contributed by atoms with van der Waals surface area (Å²) in [4.78, 5) is 24.2. The Hall–Kier alpha value is -1.18. The van der Waals surface area contributed by atoms with Crippen molar-refractivity contribution in [2.75, 3.05) is 0 Å². The van der Waals surface area contributed by atoms with Gasteiger partial charge in [-0.25, -0.2) is 0 Å². The number of carbonyl (C=O) groups excluding carboxylic acids is 2. The first-order valence-electron chi connectivity index (χ1n) is 9.75. The first-order valence-corrected chi connectivity index (χ1v) is 9.75. The third-order valence-corrected chi connectivity index (χ3v) is 8.38. The lowest BCUT2D eigenvalue weighted by Gasteiger charge is -2.55. The Balaban J connectivity index is 1.80. The molecule has 0 amide bonds. The minimum Gasteiger partial charge on any atom is -0.300 e.